The zero-order valence-electron chi connectivity index (χ0n) is 12.2. The van der Waals surface area contributed by atoms with Crippen LogP contribution in [0.15, 0.2) is 15.8 Å². The smallest absolute Gasteiger partial charge is 0.330 e. The number of aliphatic hydroxyl groups is 2. The van der Waals surface area contributed by atoms with E-state index >= 15 is 0 Å². The molecule has 3 heterocycles. The predicted molar refractivity (Wildman–Crippen MR) is 76.3 cm³/mol. The number of morpholine rings is 1. The first-order chi connectivity index (χ1) is 11.0. The van der Waals surface area contributed by atoms with E-state index in [9.17, 15) is 24.2 Å². The minimum atomic E-state index is -1.48. The molecule has 1 aromatic rings. The summed E-state index contributed by atoms with van der Waals surface area (Å²) in [5.41, 5.74) is -1.15. The van der Waals surface area contributed by atoms with Crippen LogP contribution in [0.2, 0.25) is 0 Å². The summed E-state index contributed by atoms with van der Waals surface area (Å²) < 4.78 is 24.2. The molecule has 0 amide bonds. The van der Waals surface area contributed by atoms with Gasteiger partial charge in [0.1, 0.15) is 30.7 Å². The van der Waals surface area contributed by atoms with Crippen LogP contribution < -0.4 is 16.1 Å². The summed E-state index contributed by atoms with van der Waals surface area (Å²) >= 11 is 0. The Bertz CT molecular complexity index is 670. The Morgan fingerprint density at radius 3 is 2.57 bits per heavy atom. The molecule has 0 saturated carbocycles. The normalized spacial score (nSPS) is 31.5. The van der Waals surface area contributed by atoms with Crippen molar-refractivity contribution in [2.24, 2.45) is 0 Å². The lowest BCUT2D eigenvalue weighted by Crippen LogP contribution is -2.43. The molecule has 2 aliphatic heterocycles. The van der Waals surface area contributed by atoms with Crippen molar-refractivity contribution in [3.8, 4) is 0 Å². The van der Waals surface area contributed by atoms with Gasteiger partial charge in [-0.3, -0.25) is 14.3 Å². The summed E-state index contributed by atoms with van der Waals surface area (Å²) in [7, 11) is 0. The van der Waals surface area contributed by atoms with E-state index in [1.807, 2.05) is 0 Å². The van der Waals surface area contributed by atoms with Crippen LogP contribution in [0, 0.1) is 0 Å². The highest BCUT2D eigenvalue weighted by Crippen LogP contribution is 2.29. The Labute approximate surface area is 129 Å². The molecule has 128 valence electrons. The van der Waals surface area contributed by atoms with Crippen LogP contribution in [0.1, 0.15) is 6.23 Å². The fraction of sp³-hybridized carbons (Fsp3) is 0.692. The number of aromatic amines is 1. The number of aromatic nitrogens is 2. The van der Waals surface area contributed by atoms with Gasteiger partial charge < -0.3 is 24.6 Å². The van der Waals surface area contributed by atoms with Gasteiger partial charge >= 0.3 is 5.69 Å². The number of ether oxygens (including phenoxy) is 2. The summed E-state index contributed by atoms with van der Waals surface area (Å²) in [6.07, 6.45) is -4.16. The first-order valence-corrected chi connectivity index (χ1v) is 7.28. The minimum absolute atomic E-state index is 0.224. The molecule has 0 bridgehead atoms. The highest BCUT2D eigenvalue weighted by atomic mass is 19.1. The van der Waals surface area contributed by atoms with Crippen LogP contribution in [0.5, 0.6) is 0 Å². The average molecular weight is 331 g/mol. The van der Waals surface area contributed by atoms with Crippen LogP contribution in [0.3, 0.4) is 0 Å². The molecule has 23 heavy (non-hydrogen) atoms. The molecule has 9 nitrogen and oxygen atoms in total. The molecule has 0 unspecified atom stereocenters. The van der Waals surface area contributed by atoms with E-state index in [1.54, 1.807) is 4.90 Å². The van der Waals surface area contributed by atoms with E-state index in [-0.39, 0.29) is 5.69 Å². The molecule has 1 aromatic heterocycles. The second-order valence-electron chi connectivity index (χ2n) is 5.48. The molecule has 10 heteroatoms. The number of anilines is 1. The van der Waals surface area contributed by atoms with Gasteiger partial charge in [-0.1, -0.05) is 0 Å². The molecule has 0 aliphatic carbocycles. The van der Waals surface area contributed by atoms with Crippen LogP contribution in [-0.4, -0.2) is 71.1 Å². The van der Waals surface area contributed by atoms with Gasteiger partial charge in [0.2, 0.25) is 0 Å². The van der Waals surface area contributed by atoms with Crippen molar-refractivity contribution in [3.63, 3.8) is 0 Å². The van der Waals surface area contributed by atoms with Crippen molar-refractivity contribution in [2.45, 2.75) is 24.5 Å². The number of hydrogen-bond donors (Lipinski definition) is 3. The lowest BCUT2D eigenvalue weighted by atomic mass is 10.1. The van der Waals surface area contributed by atoms with Crippen LogP contribution in [-0.2, 0) is 9.47 Å². The molecule has 2 saturated heterocycles. The first kappa shape index (κ1) is 16.1. The van der Waals surface area contributed by atoms with Crippen molar-refractivity contribution in [2.75, 3.05) is 37.9 Å². The van der Waals surface area contributed by atoms with Crippen molar-refractivity contribution in [3.05, 3.63) is 27.0 Å². The van der Waals surface area contributed by atoms with Crippen molar-refractivity contribution in [1.29, 1.82) is 0 Å². The molecule has 0 spiro atoms. The van der Waals surface area contributed by atoms with E-state index in [2.05, 4.69) is 4.98 Å². The summed E-state index contributed by atoms with van der Waals surface area (Å²) in [6.45, 7) is 0.854. The number of aliphatic hydroxyl groups excluding tert-OH is 2. The maximum absolute atomic E-state index is 12.8. The Balaban J connectivity index is 1.96. The summed E-state index contributed by atoms with van der Waals surface area (Å²) in [5, 5.41) is 19.7. The third-order valence-electron chi connectivity index (χ3n) is 4.06. The van der Waals surface area contributed by atoms with Crippen molar-refractivity contribution < 1.29 is 24.1 Å². The van der Waals surface area contributed by atoms with Gasteiger partial charge in [0, 0.05) is 19.3 Å². The van der Waals surface area contributed by atoms with E-state index < -0.39 is 42.5 Å². The van der Waals surface area contributed by atoms with Gasteiger partial charge in [0.05, 0.1) is 13.2 Å². The summed E-state index contributed by atoms with van der Waals surface area (Å²) in [4.78, 5) is 27.9. The highest BCUT2D eigenvalue weighted by Gasteiger charge is 2.44. The van der Waals surface area contributed by atoms with E-state index in [1.165, 1.54) is 6.20 Å². The number of rotatable bonds is 3. The second kappa shape index (κ2) is 6.40. The highest BCUT2D eigenvalue weighted by molar-refractivity contribution is 5.42. The Hall–Kier alpha value is -1.75. The molecular formula is C13H18FN3O6. The minimum Gasteiger partial charge on any atom is -0.387 e. The van der Waals surface area contributed by atoms with Gasteiger partial charge in [0.15, 0.2) is 6.23 Å². The zero-order valence-corrected chi connectivity index (χ0v) is 12.2. The van der Waals surface area contributed by atoms with Gasteiger partial charge in [-0.05, 0) is 0 Å². The van der Waals surface area contributed by atoms with Gasteiger partial charge in [-0.2, -0.15) is 0 Å². The quantitative estimate of drug-likeness (QED) is 0.584. The Morgan fingerprint density at radius 1 is 1.26 bits per heavy atom. The zero-order chi connectivity index (χ0) is 16.6. The van der Waals surface area contributed by atoms with Gasteiger partial charge in [-0.25, -0.2) is 9.18 Å². The third-order valence-corrected chi connectivity index (χ3v) is 4.06. The van der Waals surface area contributed by atoms with Crippen LogP contribution in [0.25, 0.3) is 0 Å². The standard InChI is InChI=1S/C13H18FN3O6/c14-5-8-9(18)10(19)12(23-8)17-6-7(11(20)15-13(17)21)16-1-3-22-4-2-16/h6,8-10,12,18-19H,1-5H2,(H,15,20,21)/t8-,9-,10-,12-/m1/s1. The van der Waals surface area contributed by atoms with E-state index in [4.69, 9.17) is 9.47 Å². The topological polar surface area (TPSA) is 117 Å². The van der Waals surface area contributed by atoms with Crippen LogP contribution in [0.4, 0.5) is 10.1 Å². The van der Waals surface area contributed by atoms with Gasteiger partial charge in [-0.15, -0.1) is 0 Å². The molecule has 3 rings (SSSR count). The lowest BCUT2D eigenvalue weighted by Gasteiger charge is -2.28. The maximum Gasteiger partial charge on any atom is 0.330 e. The molecule has 3 N–H and O–H groups in total. The first-order valence-electron chi connectivity index (χ1n) is 7.28. The van der Waals surface area contributed by atoms with Crippen molar-refractivity contribution >= 4 is 5.69 Å². The Kier molecular flexibility index (Phi) is 4.48. The number of nitrogens with one attached hydrogen (secondary N) is 1. The molecule has 2 fully saturated rings. The maximum atomic E-state index is 12.8. The molecular weight excluding hydrogens is 313 g/mol. The summed E-state index contributed by atoms with van der Waals surface area (Å²) in [6, 6.07) is 0. The average Bonchev–Trinajstić information content (AvgIpc) is 2.84. The number of H-pyrrole nitrogens is 1. The largest absolute Gasteiger partial charge is 0.387 e. The SMILES string of the molecule is O=c1[nH]c(=O)n([C@@H]2O[C@H](CF)[C@@H](O)[C@H]2O)cc1N1CCOCC1. The molecule has 0 aromatic carbocycles. The van der Waals surface area contributed by atoms with E-state index in [0.717, 1.165) is 4.57 Å². The molecule has 2 aliphatic rings. The fourth-order valence-corrected chi connectivity index (χ4v) is 2.78. The monoisotopic (exact) mass is 331 g/mol. The van der Waals surface area contributed by atoms with Crippen LogP contribution >= 0.6 is 0 Å². The second-order valence-corrected chi connectivity index (χ2v) is 5.48. The third kappa shape index (κ3) is 2.90. The predicted octanol–water partition coefficient (Wildman–Crippen LogP) is -2.04. The van der Waals surface area contributed by atoms with Crippen molar-refractivity contribution in [1.82, 2.24) is 9.55 Å². The molecule has 0 radical (unpaired) electrons. The summed E-state index contributed by atoms with van der Waals surface area (Å²) in [5.74, 6) is 0. The number of hydrogen-bond acceptors (Lipinski definition) is 7. The fourth-order valence-electron chi connectivity index (χ4n) is 2.78. The molecule has 4 atom stereocenters. The number of nitrogens with zero attached hydrogens (tertiary/aromatic N) is 2. The number of halogens is 1. The van der Waals surface area contributed by atoms with E-state index in [0.29, 0.717) is 26.3 Å². The lowest BCUT2D eigenvalue weighted by molar-refractivity contribution is -0.0454. The Morgan fingerprint density at radius 2 is 1.96 bits per heavy atom. The number of alkyl halides is 1. The van der Waals surface area contributed by atoms with Gasteiger partial charge in [0.25, 0.3) is 5.56 Å².